The molecular weight excluding hydrogens is 258 g/mol. The van der Waals surface area contributed by atoms with Gasteiger partial charge in [0.25, 0.3) is 0 Å². The maximum atomic E-state index is 11.6. The van der Waals surface area contributed by atoms with E-state index in [4.69, 9.17) is 16.3 Å². The molecule has 0 spiro atoms. The number of hydrazine groups is 1. The molecule has 1 aromatic rings. The number of hydrogen-bond donors (Lipinski definition) is 2. The maximum Gasteiger partial charge on any atom is 0.330 e. The van der Waals surface area contributed by atoms with Crippen LogP contribution in [0.25, 0.3) is 0 Å². The fourth-order valence-corrected chi connectivity index (χ4v) is 1.68. The van der Waals surface area contributed by atoms with Crippen molar-refractivity contribution in [3.63, 3.8) is 0 Å². The van der Waals surface area contributed by atoms with Crippen molar-refractivity contribution >= 4 is 17.5 Å². The van der Waals surface area contributed by atoms with E-state index in [1.165, 1.54) is 0 Å². The van der Waals surface area contributed by atoms with E-state index in [-0.39, 0.29) is 5.41 Å². The molecule has 0 fully saturated rings. The second kappa shape index (κ2) is 5.92. The highest BCUT2D eigenvalue weighted by Crippen LogP contribution is 2.33. The summed E-state index contributed by atoms with van der Waals surface area (Å²) < 4.78 is 5.43. The van der Waals surface area contributed by atoms with Crippen molar-refractivity contribution in [2.24, 2.45) is 11.6 Å². The zero-order chi connectivity index (χ0) is 15.5. The van der Waals surface area contributed by atoms with E-state index >= 15 is 0 Å². The fourth-order valence-electron chi connectivity index (χ4n) is 1.68. The number of nitrogens with two attached hydrogens (primary N) is 2. The van der Waals surface area contributed by atoms with Crippen molar-refractivity contribution in [2.45, 2.75) is 33.1 Å². The van der Waals surface area contributed by atoms with Gasteiger partial charge in [-0.05, 0) is 30.0 Å². The third-order valence-corrected chi connectivity index (χ3v) is 2.81. The molecule has 0 radical (unpaired) electrons. The maximum absolute atomic E-state index is 11.6. The summed E-state index contributed by atoms with van der Waals surface area (Å²) >= 11 is 0. The molecular formula is C14H21N3O3. The zero-order valence-corrected chi connectivity index (χ0v) is 12.3. The first-order valence-electron chi connectivity index (χ1n) is 6.34. The van der Waals surface area contributed by atoms with E-state index in [0.29, 0.717) is 18.0 Å². The van der Waals surface area contributed by atoms with Crippen molar-refractivity contribution in [2.75, 3.05) is 11.6 Å². The average Bonchev–Trinajstić information content (AvgIpc) is 2.36. The third-order valence-electron chi connectivity index (χ3n) is 2.81. The van der Waals surface area contributed by atoms with Crippen molar-refractivity contribution < 1.29 is 14.3 Å². The highest BCUT2D eigenvalue weighted by Gasteiger charge is 2.23. The summed E-state index contributed by atoms with van der Waals surface area (Å²) in [6.45, 7) is 8.33. The number of nitrogens with zero attached hydrogens (tertiary/aromatic N) is 1. The van der Waals surface area contributed by atoms with Gasteiger partial charge in [-0.15, -0.1) is 0 Å². The van der Waals surface area contributed by atoms with Crippen LogP contribution in [0.1, 0.15) is 33.3 Å². The van der Waals surface area contributed by atoms with Gasteiger partial charge in [-0.3, -0.25) is 9.59 Å². The van der Waals surface area contributed by atoms with Gasteiger partial charge in [-0.25, -0.2) is 10.9 Å². The molecule has 20 heavy (non-hydrogen) atoms. The summed E-state index contributed by atoms with van der Waals surface area (Å²) in [5.41, 5.74) is 6.13. The lowest BCUT2D eigenvalue weighted by Gasteiger charge is -2.24. The predicted octanol–water partition coefficient (Wildman–Crippen LogP) is 1.07. The number of carbonyl (C=O) groups is 2. The van der Waals surface area contributed by atoms with E-state index in [0.717, 1.165) is 10.6 Å². The molecule has 0 heterocycles. The third kappa shape index (κ3) is 3.48. The molecule has 6 nitrogen and oxygen atoms in total. The smallest absolute Gasteiger partial charge is 0.330 e. The van der Waals surface area contributed by atoms with Gasteiger partial charge in [-0.2, -0.15) is 0 Å². The Morgan fingerprint density at radius 2 is 1.90 bits per heavy atom. The first-order valence-corrected chi connectivity index (χ1v) is 6.34. The number of hydrogen-bond acceptors (Lipinski definition) is 4. The number of benzene rings is 1. The van der Waals surface area contributed by atoms with Crippen LogP contribution in [0.15, 0.2) is 18.2 Å². The molecule has 0 unspecified atom stereocenters. The lowest BCUT2D eigenvalue weighted by atomic mass is 9.86. The van der Waals surface area contributed by atoms with E-state index in [2.05, 4.69) is 0 Å². The summed E-state index contributed by atoms with van der Waals surface area (Å²) in [7, 11) is 0. The molecule has 0 atom stereocenters. The Balaban J connectivity index is 3.31. The highest BCUT2D eigenvalue weighted by atomic mass is 16.5. The molecule has 0 aliphatic heterocycles. The Labute approximate surface area is 118 Å². The highest BCUT2D eigenvalue weighted by molar-refractivity contribution is 6.39. The number of anilines is 1. The van der Waals surface area contributed by atoms with Gasteiger partial charge in [0.15, 0.2) is 0 Å². The van der Waals surface area contributed by atoms with E-state index in [1.54, 1.807) is 12.1 Å². The minimum atomic E-state index is -1.11. The van der Waals surface area contributed by atoms with Gasteiger partial charge in [-0.1, -0.05) is 26.8 Å². The Morgan fingerprint density at radius 3 is 2.35 bits per heavy atom. The minimum absolute atomic E-state index is 0.129. The number of amides is 2. The summed E-state index contributed by atoms with van der Waals surface area (Å²) in [6.07, 6.45) is 0. The quantitative estimate of drug-likeness (QED) is 0.374. The van der Waals surface area contributed by atoms with Crippen LogP contribution >= 0.6 is 0 Å². The van der Waals surface area contributed by atoms with Crippen LogP contribution in [0.4, 0.5) is 5.69 Å². The zero-order valence-electron chi connectivity index (χ0n) is 12.3. The fraction of sp³-hybridized carbons (Fsp3) is 0.429. The van der Waals surface area contributed by atoms with E-state index < -0.39 is 11.8 Å². The van der Waals surface area contributed by atoms with Crippen LogP contribution in [-0.2, 0) is 15.0 Å². The molecule has 4 N–H and O–H groups in total. The molecule has 2 amide bonds. The summed E-state index contributed by atoms with van der Waals surface area (Å²) in [6, 6.07) is 5.36. The lowest BCUT2D eigenvalue weighted by molar-refractivity contribution is -0.135. The van der Waals surface area contributed by atoms with Gasteiger partial charge in [0.1, 0.15) is 11.4 Å². The Morgan fingerprint density at radius 1 is 1.30 bits per heavy atom. The van der Waals surface area contributed by atoms with Crippen LogP contribution < -0.4 is 21.3 Å². The van der Waals surface area contributed by atoms with Gasteiger partial charge in [0, 0.05) is 0 Å². The molecule has 1 rings (SSSR count). The van der Waals surface area contributed by atoms with Gasteiger partial charge >= 0.3 is 11.8 Å². The summed E-state index contributed by atoms with van der Waals surface area (Å²) in [5.74, 6) is 4.01. The number of carbonyl (C=O) groups excluding carboxylic acids is 2. The van der Waals surface area contributed by atoms with Gasteiger partial charge in [0.2, 0.25) is 0 Å². The van der Waals surface area contributed by atoms with Crippen LogP contribution in [0.5, 0.6) is 5.75 Å². The Hall–Kier alpha value is -2.08. The minimum Gasteiger partial charge on any atom is -0.492 e. The van der Waals surface area contributed by atoms with Gasteiger partial charge in [0.05, 0.1) is 6.61 Å². The number of rotatable bonds is 3. The van der Waals surface area contributed by atoms with Crippen LogP contribution in [-0.4, -0.2) is 18.4 Å². The monoisotopic (exact) mass is 279 g/mol. The van der Waals surface area contributed by atoms with E-state index in [9.17, 15) is 9.59 Å². The standard InChI is InChI=1S/C14H21N3O3/c1-5-20-11-7-6-9(14(2,3)4)8-10(11)17(16)13(19)12(15)18/h6-8H,5,16H2,1-4H3,(H2,15,18). The SMILES string of the molecule is CCOc1ccc(C(C)(C)C)cc1N(N)C(=O)C(N)=O. The number of primary amides is 1. The van der Waals surface area contributed by atoms with E-state index in [1.807, 2.05) is 33.8 Å². The van der Waals surface area contributed by atoms with Crippen molar-refractivity contribution in [1.29, 1.82) is 0 Å². The second-order valence-corrected chi connectivity index (χ2v) is 5.40. The molecule has 0 saturated carbocycles. The molecule has 6 heteroatoms. The summed E-state index contributed by atoms with van der Waals surface area (Å²) in [5, 5.41) is 0.725. The first kappa shape index (κ1) is 16.0. The van der Waals surface area contributed by atoms with Crippen molar-refractivity contribution in [3.05, 3.63) is 23.8 Å². The molecule has 0 aliphatic carbocycles. The topological polar surface area (TPSA) is 98.7 Å². The van der Waals surface area contributed by atoms with Crippen LogP contribution in [0.2, 0.25) is 0 Å². The lowest BCUT2D eigenvalue weighted by Crippen LogP contribution is -2.45. The predicted molar refractivity (Wildman–Crippen MR) is 77.2 cm³/mol. The second-order valence-electron chi connectivity index (χ2n) is 5.40. The Bertz CT molecular complexity index is 521. The molecule has 0 bridgehead atoms. The molecule has 110 valence electrons. The average molecular weight is 279 g/mol. The largest absolute Gasteiger partial charge is 0.492 e. The van der Waals surface area contributed by atoms with Crippen molar-refractivity contribution in [1.82, 2.24) is 0 Å². The number of ether oxygens (including phenoxy) is 1. The van der Waals surface area contributed by atoms with Crippen LogP contribution in [0, 0.1) is 0 Å². The first-order chi connectivity index (χ1) is 9.18. The summed E-state index contributed by atoms with van der Waals surface area (Å²) in [4.78, 5) is 22.6. The Kier molecular flexibility index (Phi) is 4.73. The molecule has 0 aliphatic rings. The van der Waals surface area contributed by atoms with Crippen molar-refractivity contribution in [3.8, 4) is 5.75 Å². The molecule has 0 saturated heterocycles. The normalized spacial score (nSPS) is 11.1. The van der Waals surface area contributed by atoms with Crippen LogP contribution in [0.3, 0.4) is 0 Å². The molecule has 0 aromatic heterocycles. The molecule has 1 aromatic carbocycles. The van der Waals surface area contributed by atoms with Gasteiger partial charge < -0.3 is 10.5 Å².